The number of likely N-dealkylation sites (tertiary alicyclic amines) is 1. The molecule has 0 spiro atoms. The molecule has 1 rings (SSSR count). The molecule has 0 saturated carbocycles. The third kappa shape index (κ3) is 4.94. The van der Waals surface area contributed by atoms with Crippen molar-refractivity contribution < 1.29 is 5.11 Å². The Morgan fingerprint density at radius 3 is 2.47 bits per heavy atom. The molecule has 1 fully saturated rings. The summed E-state index contributed by atoms with van der Waals surface area (Å²) in [5.74, 6) is 0. The maximum absolute atomic E-state index is 9.51. The molecule has 0 radical (unpaired) electrons. The van der Waals surface area contributed by atoms with Gasteiger partial charge in [-0.2, -0.15) is 0 Å². The molecule has 1 unspecified atom stereocenters. The number of aliphatic hydroxyl groups excluding tert-OH is 1. The molecule has 0 bridgehead atoms. The van der Waals surface area contributed by atoms with Crippen molar-refractivity contribution in [2.75, 3.05) is 26.2 Å². The van der Waals surface area contributed by atoms with Gasteiger partial charge >= 0.3 is 0 Å². The van der Waals surface area contributed by atoms with Gasteiger partial charge in [-0.05, 0) is 38.1 Å². The van der Waals surface area contributed by atoms with Gasteiger partial charge in [0.25, 0.3) is 0 Å². The Hall–Kier alpha value is -0.120. The van der Waals surface area contributed by atoms with E-state index in [1.807, 2.05) is 0 Å². The number of nitrogens with one attached hydrogen (secondary N) is 1. The molecule has 102 valence electrons. The maximum atomic E-state index is 9.51. The Balaban J connectivity index is 2.36. The van der Waals surface area contributed by atoms with Gasteiger partial charge in [0.1, 0.15) is 0 Å². The lowest BCUT2D eigenvalue weighted by atomic mass is 9.84. The van der Waals surface area contributed by atoms with Crippen LogP contribution in [0, 0.1) is 5.41 Å². The van der Waals surface area contributed by atoms with Crippen molar-refractivity contribution in [3.63, 3.8) is 0 Å². The van der Waals surface area contributed by atoms with E-state index in [9.17, 15) is 5.11 Å². The highest BCUT2D eigenvalue weighted by atomic mass is 16.3. The molecular weight excluding hydrogens is 212 g/mol. The number of piperidine rings is 1. The topological polar surface area (TPSA) is 35.5 Å². The van der Waals surface area contributed by atoms with E-state index in [-0.39, 0.29) is 11.5 Å². The zero-order chi connectivity index (χ0) is 12.9. The Morgan fingerprint density at radius 1 is 1.35 bits per heavy atom. The van der Waals surface area contributed by atoms with E-state index in [2.05, 4.69) is 37.9 Å². The van der Waals surface area contributed by atoms with Crippen LogP contribution in [0.4, 0.5) is 0 Å². The summed E-state index contributed by atoms with van der Waals surface area (Å²) >= 11 is 0. The quantitative estimate of drug-likeness (QED) is 0.746. The average molecular weight is 242 g/mol. The second-order valence-electron chi connectivity index (χ2n) is 6.17. The monoisotopic (exact) mass is 242 g/mol. The molecule has 0 aromatic heterocycles. The zero-order valence-electron chi connectivity index (χ0n) is 12.0. The zero-order valence-corrected chi connectivity index (χ0v) is 12.0. The molecular formula is C14H30N2O. The van der Waals surface area contributed by atoms with Gasteiger partial charge in [0, 0.05) is 25.7 Å². The summed E-state index contributed by atoms with van der Waals surface area (Å²) in [6, 6.07) is 0.536. The lowest BCUT2D eigenvalue weighted by Gasteiger charge is -2.39. The van der Waals surface area contributed by atoms with Crippen molar-refractivity contribution in [3.8, 4) is 0 Å². The Kier molecular flexibility index (Phi) is 5.90. The predicted octanol–water partition coefficient (Wildman–Crippen LogP) is 1.86. The first-order valence-electron chi connectivity index (χ1n) is 7.09. The second-order valence-corrected chi connectivity index (χ2v) is 6.17. The SMILES string of the molecule is CCCNC(C)C(C)(C)CN1CCC(O)CC1. The standard InChI is InChI=1S/C14H30N2O/c1-5-8-15-12(2)14(3,4)11-16-9-6-13(17)7-10-16/h12-13,15,17H,5-11H2,1-4H3. The van der Waals surface area contributed by atoms with Crippen molar-refractivity contribution >= 4 is 0 Å². The Bertz CT molecular complexity index is 210. The first-order chi connectivity index (χ1) is 7.95. The summed E-state index contributed by atoms with van der Waals surface area (Å²) in [6.45, 7) is 13.5. The summed E-state index contributed by atoms with van der Waals surface area (Å²) in [4.78, 5) is 2.50. The van der Waals surface area contributed by atoms with Crippen LogP contribution in [0.25, 0.3) is 0 Å². The Morgan fingerprint density at radius 2 is 1.94 bits per heavy atom. The molecule has 3 nitrogen and oxygen atoms in total. The van der Waals surface area contributed by atoms with Crippen LogP contribution in [0.5, 0.6) is 0 Å². The fourth-order valence-electron chi connectivity index (χ4n) is 2.43. The van der Waals surface area contributed by atoms with Crippen molar-refractivity contribution in [1.29, 1.82) is 0 Å². The second kappa shape index (κ2) is 6.72. The minimum Gasteiger partial charge on any atom is -0.393 e. The largest absolute Gasteiger partial charge is 0.393 e. The molecule has 1 atom stereocenters. The molecule has 1 heterocycles. The van der Waals surface area contributed by atoms with Crippen LogP contribution in [0.3, 0.4) is 0 Å². The minimum atomic E-state index is -0.0648. The number of rotatable bonds is 6. The molecule has 1 aliphatic heterocycles. The smallest absolute Gasteiger partial charge is 0.0564 e. The molecule has 2 N–H and O–H groups in total. The van der Waals surface area contributed by atoms with Gasteiger partial charge in [0.2, 0.25) is 0 Å². The van der Waals surface area contributed by atoms with Crippen molar-refractivity contribution in [3.05, 3.63) is 0 Å². The predicted molar refractivity (Wildman–Crippen MR) is 73.2 cm³/mol. The molecule has 0 aromatic rings. The van der Waals surface area contributed by atoms with E-state index in [4.69, 9.17) is 0 Å². The van der Waals surface area contributed by atoms with E-state index in [0.717, 1.165) is 39.0 Å². The minimum absolute atomic E-state index is 0.0648. The first-order valence-corrected chi connectivity index (χ1v) is 7.09. The lowest BCUT2D eigenvalue weighted by molar-refractivity contribution is 0.0558. The van der Waals surface area contributed by atoms with Crippen LogP contribution in [0.2, 0.25) is 0 Å². The third-order valence-corrected chi connectivity index (χ3v) is 4.06. The number of hydrogen-bond donors (Lipinski definition) is 2. The lowest BCUT2D eigenvalue weighted by Crippen LogP contribution is -2.49. The summed E-state index contributed by atoms with van der Waals surface area (Å²) in [6.07, 6.45) is 3.00. The van der Waals surface area contributed by atoms with E-state index in [1.165, 1.54) is 6.42 Å². The normalized spacial score (nSPS) is 21.7. The highest BCUT2D eigenvalue weighted by Crippen LogP contribution is 2.24. The third-order valence-electron chi connectivity index (χ3n) is 4.06. The van der Waals surface area contributed by atoms with E-state index < -0.39 is 0 Å². The van der Waals surface area contributed by atoms with E-state index in [1.54, 1.807) is 0 Å². The average Bonchev–Trinajstić information content (AvgIpc) is 2.28. The van der Waals surface area contributed by atoms with Crippen LogP contribution < -0.4 is 5.32 Å². The van der Waals surface area contributed by atoms with Gasteiger partial charge in [0.05, 0.1) is 6.10 Å². The number of aliphatic hydroxyl groups is 1. The summed E-state index contributed by atoms with van der Waals surface area (Å²) < 4.78 is 0. The van der Waals surface area contributed by atoms with Crippen LogP contribution >= 0.6 is 0 Å². The highest BCUT2D eigenvalue weighted by molar-refractivity contribution is 4.85. The summed E-state index contributed by atoms with van der Waals surface area (Å²) in [5.41, 5.74) is 0.289. The van der Waals surface area contributed by atoms with Gasteiger partial charge in [-0.1, -0.05) is 20.8 Å². The molecule has 1 saturated heterocycles. The molecule has 0 aromatic carbocycles. The maximum Gasteiger partial charge on any atom is 0.0564 e. The molecule has 1 aliphatic rings. The molecule has 17 heavy (non-hydrogen) atoms. The van der Waals surface area contributed by atoms with Gasteiger partial charge < -0.3 is 15.3 Å². The molecule has 3 heteroatoms. The Labute approximate surface area is 107 Å². The number of hydrogen-bond acceptors (Lipinski definition) is 3. The van der Waals surface area contributed by atoms with E-state index >= 15 is 0 Å². The van der Waals surface area contributed by atoms with Crippen LogP contribution in [-0.2, 0) is 0 Å². The van der Waals surface area contributed by atoms with Gasteiger partial charge in [0.15, 0.2) is 0 Å². The van der Waals surface area contributed by atoms with Crippen LogP contribution in [0.1, 0.15) is 47.0 Å². The number of nitrogens with zero attached hydrogens (tertiary/aromatic N) is 1. The van der Waals surface area contributed by atoms with Crippen molar-refractivity contribution in [1.82, 2.24) is 10.2 Å². The fourth-order valence-corrected chi connectivity index (χ4v) is 2.43. The van der Waals surface area contributed by atoms with Crippen molar-refractivity contribution in [2.24, 2.45) is 5.41 Å². The first kappa shape index (κ1) is 14.9. The van der Waals surface area contributed by atoms with Crippen molar-refractivity contribution in [2.45, 2.75) is 59.1 Å². The fraction of sp³-hybridized carbons (Fsp3) is 1.00. The summed E-state index contributed by atoms with van der Waals surface area (Å²) in [5, 5.41) is 13.1. The van der Waals surface area contributed by atoms with Gasteiger partial charge in [-0.3, -0.25) is 0 Å². The van der Waals surface area contributed by atoms with Crippen LogP contribution in [-0.4, -0.2) is 48.3 Å². The van der Waals surface area contributed by atoms with Gasteiger partial charge in [-0.15, -0.1) is 0 Å². The van der Waals surface area contributed by atoms with E-state index in [0.29, 0.717) is 6.04 Å². The molecule has 0 amide bonds. The van der Waals surface area contributed by atoms with Gasteiger partial charge in [-0.25, -0.2) is 0 Å². The summed E-state index contributed by atoms with van der Waals surface area (Å²) in [7, 11) is 0. The highest BCUT2D eigenvalue weighted by Gasteiger charge is 2.29. The molecule has 0 aliphatic carbocycles. The van der Waals surface area contributed by atoms with Crippen LogP contribution in [0.15, 0.2) is 0 Å².